The number of benzene rings is 1. The maximum absolute atomic E-state index is 14.4. The highest BCUT2D eigenvalue weighted by molar-refractivity contribution is 5.94. The van der Waals surface area contributed by atoms with Gasteiger partial charge in [0.15, 0.2) is 11.3 Å². The summed E-state index contributed by atoms with van der Waals surface area (Å²) in [5.41, 5.74) is -0.125. The van der Waals surface area contributed by atoms with Crippen LogP contribution in [0.25, 0.3) is 11.3 Å². The van der Waals surface area contributed by atoms with Crippen LogP contribution in [0.2, 0.25) is 0 Å². The van der Waals surface area contributed by atoms with Gasteiger partial charge in [-0.3, -0.25) is 4.79 Å². The second kappa shape index (κ2) is 8.05. The van der Waals surface area contributed by atoms with Crippen LogP contribution in [0, 0.1) is 17.0 Å². The summed E-state index contributed by atoms with van der Waals surface area (Å²) in [6, 6.07) is 5.36. The lowest BCUT2D eigenvalue weighted by Crippen LogP contribution is -2.42. The Morgan fingerprint density at radius 3 is 2.68 bits per heavy atom. The Bertz CT molecular complexity index is 1260. The van der Waals surface area contributed by atoms with E-state index in [1.807, 2.05) is 13.8 Å². The van der Waals surface area contributed by atoms with Crippen LogP contribution in [-0.4, -0.2) is 44.3 Å². The molecule has 0 radical (unpaired) electrons. The Balaban J connectivity index is 1.58. The first-order valence-corrected chi connectivity index (χ1v) is 11.0. The molecule has 2 aliphatic carbocycles. The van der Waals surface area contributed by atoms with Crippen LogP contribution in [0.4, 0.5) is 8.78 Å². The molecule has 0 unspecified atom stereocenters. The molecule has 3 aromatic rings. The van der Waals surface area contributed by atoms with Crippen LogP contribution in [0.15, 0.2) is 36.7 Å². The van der Waals surface area contributed by atoms with Gasteiger partial charge in [-0.15, -0.1) is 5.10 Å². The second-order valence-electron chi connectivity index (χ2n) is 9.06. The molecule has 34 heavy (non-hydrogen) atoms. The summed E-state index contributed by atoms with van der Waals surface area (Å²) in [6.45, 7) is 3.93. The number of nitrogens with zero attached hydrogens (tertiary/aromatic N) is 4. The number of fused-ring (bicyclic) bond motifs is 5. The average Bonchev–Trinajstić information content (AvgIpc) is 3.17. The number of carbonyl (C=O) groups is 1. The Morgan fingerprint density at radius 2 is 1.94 bits per heavy atom. The van der Waals surface area contributed by atoms with Crippen molar-refractivity contribution < 1.29 is 23.4 Å². The van der Waals surface area contributed by atoms with Gasteiger partial charge in [0.05, 0.1) is 17.9 Å². The molecule has 2 aliphatic rings. The number of ether oxygens (including phenoxy) is 1. The molecule has 0 spiro atoms. The summed E-state index contributed by atoms with van der Waals surface area (Å²) in [6.07, 6.45) is 4.18. The Hall–Kier alpha value is -3.53. The topological polar surface area (TPSA) is 110 Å². The third-order valence-electron chi connectivity index (χ3n) is 7.05. The molecule has 5 rings (SSSR count). The van der Waals surface area contributed by atoms with Gasteiger partial charge in [0.1, 0.15) is 17.3 Å². The highest BCUT2D eigenvalue weighted by atomic mass is 19.1. The summed E-state index contributed by atoms with van der Waals surface area (Å²) in [7, 11) is 0. The summed E-state index contributed by atoms with van der Waals surface area (Å²) >= 11 is 0. The Kier molecular flexibility index (Phi) is 5.27. The van der Waals surface area contributed by atoms with Crippen LogP contribution in [0.1, 0.15) is 54.4 Å². The minimum absolute atomic E-state index is 0.00367. The van der Waals surface area contributed by atoms with Gasteiger partial charge in [-0.2, -0.15) is 5.10 Å². The zero-order valence-electron chi connectivity index (χ0n) is 18.7. The summed E-state index contributed by atoms with van der Waals surface area (Å²) in [4.78, 5) is 21.0. The lowest BCUT2D eigenvalue weighted by atomic mass is 9.77. The first-order chi connectivity index (χ1) is 16.3. The van der Waals surface area contributed by atoms with E-state index in [1.165, 1.54) is 30.6 Å². The molecule has 0 aliphatic heterocycles. The van der Waals surface area contributed by atoms with Crippen LogP contribution >= 0.6 is 0 Å². The van der Waals surface area contributed by atoms with Gasteiger partial charge >= 0.3 is 0 Å². The molecule has 2 heterocycles. The maximum atomic E-state index is 14.4. The van der Waals surface area contributed by atoms with Gasteiger partial charge < -0.3 is 15.2 Å². The van der Waals surface area contributed by atoms with Crippen molar-refractivity contribution in [1.29, 1.82) is 0 Å². The van der Waals surface area contributed by atoms with Crippen LogP contribution in [-0.2, 0) is 5.60 Å². The van der Waals surface area contributed by atoms with Crippen molar-refractivity contribution in [3.8, 4) is 17.1 Å². The maximum Gasteiger partial charge on any atom is 0.275 e. The molecular formula is C24H23F2N5O3. The van der Waals surface area contributed by atoms with E-state index in [0.29, 0.717) is 12.1 Å². The van der Waals surface area contributed by atoms with Crippen LogP contribution in [0.3, 0.4) is 0 Å². The van der Waals surface area contributed by atoms with E-state index in [1.54, 1.807) is 6.07 Å². The van der Waals surface area contributed by atoms with E-state index in [4.69, 9.17) is 9.84 Å². The lowest BCUT2D eigenvalue weighted by molar-refractivity contribution is -0.0237. The fraction of sp³-hybridized carbons (Fsp3) is 0.375. The molecule has 1 aromatic carbocycles. The Labute approximate surface area is 194 Å². The van der Waals surface area contributed by atoms with Crippen molar-refractivity contribution in [2.45, 2.75) is 38.2 Å². The van der Waals surface area contributed by atoms with Crippen molar-refractivity contribution in [3.63, 3.8) is 0 Å². The van der Waals surface area contributed by atoms with Gasteiger partial charge in [-0.05, 0) is 42.5 Å². The second-order valence-corrected chi connectivity index (χ2v) is 9.06. The minimum Gasteiger partial charge on any atom is -0.462 e. The number of aliphatic hydroxyl groups excluding tert-OH is 1. The minimum atomic E-state index is -0.950. The lowest BCUT2D eigenvalue weighted by Gasteiger charge is -2.37. The van der Waals surface area contributed by atoms with Gasteiger partial charge in [0, 0.05) is 24.4 Å². The van der Waals surface area contributed by atoms with Crippen molar-refractivity contribution in [2.75, 3.05) is 13.2 Å². The molecule has 10 heteroatoms. The molecule has 2 bridgehead atoms. The van der Waals surface area contributed by atoms with Crippen molar-refractivity contribution in [3.05, 3.63) is 65.2 Å². The first kappa shape index (κ1) is 22.3. The SMILES string of the molecule is CC1(C)[C@H]2CC[C@]1(Oc1nccnc1C(=O)NCCO)c1nnc(-c3c(F)cccc3F)cc12. The number of hydrogen-bond donors (Lipinski definition) is 2. The molecule has 1 saturated carbocycles. The number of halogens is 2. The molecule has 2 atom stereocenters. The third-order valence-corrected chi connectivity index (χ3v) is 7.05. The molecule has 1 amide bonds. The van der Waals surface area contributed by atoms with Gasteiger partial charge in [-0.1, -0.05) is 19.9 Å². The highest BCUT2D eigenvalue weighted by Crippen LogP contribution is 2.67. The van der Waals surface area contributed by atoms with Gasteiger partial charge in [0.25, 0.3) is 5.91 Å². The smallest absolute Gasteiger partial charge is 0.275 e. The van der Waals surface area contributed by atoms with Crippen molar-refractivity contribution >= 4 is 5.91 Å². The van der Waals surface area contributed by atoms with E-state index in [9.17, 15) is 13.6 Å². The number of carbonyl (C=O) groups excluding carboxylic acids is 1. The first-order valence-electron chi connectivity index (χ1n) is 11.0. The third kappa shape index (κ3) is 3.16. The molecule has 8 nitrogen and oxygen atoms in total. The molecule has 0 saturated heterocycles. The number of amides is 1. The van der Waals surface area contributed by atoms with E-state index in [2.05, 4.69) is 25.5 Å². The fourth-order valence-electron chi connectivity index (χ4n) is 5.34. The number of hydrogen-bond acceptors (Lipinski definition) is 7. The van der Waals surface area contributed by atoms with Crippen LogP contribution < -0.4 is 10.1 Å². The molecular weight excluding hydrogens is 444 g/mol. The summed E-state index contributed by atoms with van der Waals surface area (Å²) < 4.78 is 35.3. The molecule has 176 valence electrons. The van der Waals surface area contributed by atoms with E-state index in [0.717, 1.165) is 12.0 Å². The fourth-order valence-corrected chi connectivity index (χ4v) is 5.34. The summed E-state index contributed by atoms with van der Waals surface area (Å²) in [5.74, 6) is -1.88. The number of aromatic nitrogens is 4. The zero-order chi connectivity index (χ0) is 24.1. The predicted molar refractivity (Wildman–Crippen MR) is 117 cm³/mol. The largest absolute Gasteiger partial charge is 0.462 e. The van der Waals surface area contributed by atoms with Crippen LogP contribution in [0.5, 0.6) is 5.88 Å². The molecule has 2 aromatic heterocycles. The zero-order valence-corrected chi connectivity index (χ0v) is 18.7. The molecule has 1 fully saturated rings. The standard InChI is InChI=1S/C24H23F2N5O3/c1-23(2)14-6-7-24(23,34-22-19(27-8-9-29-22)21(33)28-10-11-32)20-13(14)12-17(30-31-20)18-15(25)4-3-5-16(18)26/h3-5,8-9,12,14,32H,6-7,10-11H2,1-2H3,(H,28,33)/t14-,24-/m0/s1. The molecule has 2 N–H and O–H groups in total. The predicted octanol–water partition coefficient (Wildman–Crippen LogP) is 3.13. The summed E-state index contributed by atoms with van der Waals surface area (Å²) in [5, 5.41) is 20.1. The van der Waals surface area contributed by atoms with Gasteiger partial charge in [0.2, 0.25) is 5.88 Å². The monoisotopic (exact) mass is 467 g/mol. The van der Waals surface area contributed by atoms with Crippen molar-refractivity contribution in [2.24, 2.45) is 5.41 Å². The highest BCUT2D eigenvalue weighted by Gasteiger charge is 2.66. The Morgan fingerprint density at radius 1 is 1.21 bits per heavy atom. The number of aliphatic hydroxyl groups is 1. The van der Waals surface area contributed by atoms with E-state index < -0.39 is 28.6 Å². The average molecular weight is 467 g/mol. The number of nitrogens with one attached hydrogen (secondary N) is 1. The van der Waals surface area contributed by atoms with Crippen molar-refractivity contribution in [1.82, 2.24) is 25.5 Å². The van der Waals surface area contributed by atoms with Gasteiger partial charge in [-0.25, -0.2) is 18.7 Å². The van der Waals surface area contributed by atoms with E-state index >= 15 is 0 Å². The normalized spacial score (nSPS) is 21.9. The quantitative estimate of drug-likeness (QED) is 0.573. The van der Waals surface area contributed by atoms with E-state index in [-0.39, 0.29) is 41.9 Å². The number of rotatable bonds is 6.